The fourth-order valence-electron chi connectivity index (χ4n) is 5.91. The van der Waals surface area contributed by atoms with Gasteiger partial charge >= 0.3 is 12.3 Å². The Morgan fingerprint density at radius 3 is 2.45 bits per heavy atom. The quantitative estimate of drug-likeness (QED) is 0.458. The Labute approximate surface area is 238 Å². The number of hydrogen-bond donors (Lipinski definition) is 2. The number of amides is 4. The van der Waals surface area contributed by atoms with Crippen molar-refractivity contribution in [1.82, 2.24) is 15.1 Å². The molecule has 2 saturated heterocycles. The molecule has 1 spiro atoms. The Bertz CT molecular complexity index is 1440. The normalized spacial score (nSPS) is 22.5. The van der Waals surface area contributed by atoms with E-state index in [9.17, 15) is 36.7 Å². The van der Waals surface area contributed by atoms with Crippen LogP contribution in [0.15, 0.2) is 42.5 Å². The summed E-state index contributed by atoms with van der Waals surface area (Å²) in [6, 6.07) is 7.51. The van der Waals surface area contributed by atoms with Crippen molar-refractivity contribution in [2.75, 3.05) is 25.0 Å². The van der Waals surface area contributed by atoms with Gasteiger partial charge in [-0.3, -0.25) is 14.4 Å². The van der Waals surface area contributed by atoms with Crippen LogP contribution in [-0.4, -0.2) is 65.5 Å². The molecule has 4 amide bonds. The van der Waals surface area contributed by atoms with Crippen LogP contribution in [0.4, 0.5) is 28.0 Å². The predicted molar refractivity (Wildman–Crippen MR) is 139 cm³/mol. The van der Waals surface area contributed by atoms with Crippen LogP contribution in [0, 0.1) is 17.7 Å². The number of fused-ring (bicyclic) bond motifs is 2. The summed E-state index contributed by atoms with van der Waals surface area (Å²) in [4.78, 5) is 53.6. The van der Waals surface area contributed by atoms with Gasteiger partial charge in [-0.15, -0.1) is 0 Å². The van der Waals surface area contributed by atoms with Gasteiger partial charge in [-0.1, -0.05) is 18.2 Å². The fourth-order valence-corrected chi connectivity index (χ4v) is 5.91. The maximum atomic E-state index is 14.2. The van der Waals surface area contributed by atoms with E-state index in [1.54, 1.807) is 18.2 Å². The molecule has 0 bridgehead atoms. The molecule has 0 unspecified atom stereocenters. The molecular formula is C29H28F4N4O5. The number of aryl methyl sites for hydroxylation is 1. The molecule has 2 aliphatic carbocycles. The smallest absolute Gasteiger partial charge is 0.418 e. The number of nitrogens with one attached hydrogen (secondary N) is 2. The molecule has 6 rings (SSSR count). The molecule has 1 saturated carbocycles. The van der Waals surface area contributed by atoms with E-state index in [0.717, 1.165) is 12.1 Å². The third kappa shape index (κ3) is 5.10. The minimum Gasteiger partial charge on any atom is -0.427 e. The zero-order valence-corrected chi connectivity index (χ0v) is 22.4. The highest BCUT2D eigenvalue weighted by molar-refractivity contribution is 6.06. The summed E-state index contributed by atoms with van der Waals surface area (Å²) in [6.45, 7) is -0.232. The molecule has 9 nitrogen and oxygen atoms in total. The van der Waals surface area contributed by atoms with Crippen LogP contribution < -0.4 is 10.6 Å². The molecule has 0 aromatic heterocycles. The zero-order valence-electron chi connectivity index (χ0n) is 22.4. The molecular weight excluding hydrogens is 560 g/mol. The van der Waals surface area contributed by atoms with Crippen molar-refractivity contribution in [3.8, 4) is 0 Å². The molecule has 2 heterocycles. The van der Waals surface area contributed by atoms with Gasteiger partial charge in [-0.25, -0.2) is 14.1 Å². The number of anilines is 1. The fraction of sp³-hybridized carbons (Fsp3) is 0.448. The van der Waals surface area contributed by atoms with E-state index in [2.05, 4.69) is 10.6 Å². The first-order valence-electron chi connectivity index (χ1n) is 13.8. The van der Waals surface area contributed by atoms with Crippen LogP contribution in [0.2, 0.25) is 0 Å². The minimum atomic E-state index is -4.75. The van der Waals surface area contributed by atoms with Crippen LogP contribution in [0.1, 0.15) is 36.0 Å². The van der Waals surface area contributed by atoms with Gasteiger partial charge in [0, 0.05) is 37.3 Å². The van der Waals surface area contributed by atoms with E-state index < -0.39 is 60.6 Å². The average molecular weight is 589 g/mol. The van der Waals surface area contributed by atoms with E-state index >= 15 is 0 Å². The van der Waals surface area contributed by atoms with E-state index in [1.807, 2.05) is 0 Å². The molecule has 2 aliphatic heterocycles. The van der Waals surface area contributed by atoms with Crippen LogP contribution >= 0.6 is 0 Å². The largest absolute Gasteiger partial charge is 0.427 e. The van der Waals surface area contributed by atoms with Gasteiger partial charge in [0.2, 0.25) is 17.4 Å². The van der Waals surface area contributed by atoms with Gasteiger partial charge in [0.05, 0.1) is 5.92 Å². The van der Waals surface area contributed by atoms with Crippen molar-refractivity contribution in [1.29, 1.82) is 0 Å². The van der Waals surface area contributed by atoms with Gasteiger partial charge in [-0.2, -0.15) is 13.2 Å². The number of carbonyl (C=O) groups excluding carboxylic acids is 4. The standard InChI is InChI=1S/C29H28F4N4O5/c30-20-5-1-16(2-6-20)14-36(24(17-3-4-17)29(31,32)33)23(38)15-37-26(40)28(42-27(37)41)10-9-18-11-21(7-8-22(18)28)35-25(39)19-12-34-13-19/h1-2,5-8,11,17,19,24,34H,3-4,9-10,12-15H2,(H,35,39)/t24-,28+/m1/s1. The number of benzene rings is 2. The zero-order chi connectivity index (χ0) is 29.8. The lowest BCUT2D eigenvalue weighted by atomic mass is 9.94. The molecule has 3 fully saturated rings. The Morgan fingerprint density at radius 1 is 1.12 bits per heavy atom. The number of hydrogen-bond acceptors (Lipinski definition) is 6. The monoisotopic (exact) mass is 588 g/mol. The number of nitrogens with zero attached hydrogens (tertiary/aromatic N) is 2. The molecule has 13 heteroatoms. The highest BCUT2D eigenvalue weighted by Gasteiger charge is 2.59. The van der Waals surface area contributed by atoms with Crippen molar-refractivity contribution in [2.45, 2.75) is 50.0 Å². The molecule has 2 aromatic rings. The van der Waals surface area contributed by atoms with Crippen LogP contribution in [0.5, 0.6) is 0 Å². The molecule has 4 aliphatic rings. The highest BCUT2D eigenvalue weighted by Crippen LogP contribution is 2.47. The van der Waals surface area contributed by atoms with Crippen molar-refractivity contribution in [3.05, 3.63) is 65.0 Å². The Hall–Kier alpha value is -4.00. The molecule has 222 valence electrons. The van der Waals surface area contributed by atoms with Gasteiger partial charge in [0.15, 0.2) is 0 Å². The number of rotatable bonds is 8. The Balaban J connectivity index is 1.22. The van der Waals surface area contributed by atoms with Crippen molar-refractivity contribution in [3.63, 3.8) is 0 Å². The molecule has 0 radical (unpaired) electrons. The van der Waals surface area contributed by atoms with Gasteiger partial charge in [0.25, 0.3) is 5.91 Å². The van der Waals surface area contributed by atoms with E-state index in [1.165, 1.54) is 12.1 Å². The Morgan fingerprint density at radius 2 is 1.83 bits per heavy atom. The lowest BCUT2D eigenvalue weighted by Crippen LogP contribution is -2.53. The number of imide groups is 1. The number of halogens is 4. The first kappa shape index (κ1) is 28.1. The van der Waals surface area contributed by atoms with Gasteiger partial charge in [-0.05, 0) is 60.6 Å². The maximum absolute atomic E-state index is 14.2. The summed E-state index contributed by atoms with van der Waals surface area (Å²) >= 11 is 0. The lowest BCUT2D eigenvalue weighted by molar-refractivity contribution is -0.196. The van der Waals surface area contributed by atoms with Crippen LogP contribution in [0.3, 0.4) is 0 Å². The van der Waals surface area contributed by atoms with Gasteiger partial charge in [0.1, 0.15) is 18.4 Å². The summed E-state index contributed by atoms with van der Waals surface area (Å²) in [5.74, 6) is -3.55. The second-order valence-electron chi connectivity index (χ2n) is 11.3. The SMILES string of the molecule is O=C(Nc1ccc2c(c1)CC[C@]21OC(=O)N(CC(=O)N(Cc2ccc(F)cc2)[C@H](C2CC2)C(F)(F)F)C1=O)C1CNC1. The molecule has 42 heavy (non-hydrogen) atoms. The lowest BCUT2D eigenvalue weighted by Gasteiger charge is -2.34. The maximum Gasteiger partial charge on any atom is 0.418 e. The first-order valence-corrected chi connectivity index (χ1v) is 13.8. The van der Waals surface area contributed by atoms with Crippen LogP contribution in [0.25, 0.3) is 0 Å². The molecule has 2 N–H and O–H groups in total. The van der Waals surface area contributed by atoms with Crippen molar-refractivity contribution >= 4 is 29.5 Å². The third-order valence-corrected chi connectivity index (χ3v) is 8.40. The number of ether oxygens (including phenoxy) is 1. The predicted octanol–water partition coefficient (Wildman–Crippen LogP) is 3.47. The van der Waals surface area contributed by atoms with Crippen molar-refractivity contribution in [2.24, 2.45) is 11.8 Å². The Kier molecular flexibility index (Phi) is 6.95. The average Bonchev–Trinajstić information content (AvgIpc) is 3.61. The second kappa shape index (κ2) is 10.4. The summed E-state index contributed by atoms with van der Waals surface area (Å²) in [7, 11) is 0. The molecule has 2 aromatic carbocycles. The topological polar surface area (TPSA) is 108 Å². The molecule has 2 atom stereocenters. The van der Waals surface area contributed by atoms with E-state index in [4.69, 9.17) is 4.74 Å². The highest BCUT2D eigenvalue weighted by atomic mass is 19.4. The number of alkyl halides is 3. The minimum absolute atomic E-state index is 0.0914. The van der Waals surface area contributed by atoms with E-state index in [0.29, 0.717) is 46.1 Å². The van der Waals surface area contributed by atoms with Gasteiger partial charge < -0.3 is 20.3 Å². The first-order chi connectivity index (χ1) is 20.0. The second-order valence-corrected chi connectivity index (χ2v) is 11.3. The number of carbonyl (C=O) groups is 4. The van der Waals surface area contributed by atoms with Crippen molar-refractivity contribution < 1.29 is 41.5 Å². The summed E-state index contributed by atoms with van der Waals surface area (Å²) in [5, 5.41) is 5.86. The summed E-state index contributed by atoms with van der Waals surface area (Å²) in [5.41, 5.74) is 0.189. The third-order valence-electron chi connectivity index (χ3n) is 8.40. The van der Waals surface area contributed by atoms with Crippen LogP contribution in [-0.2, 0) is 37.7 Å². The summed E-state index contributed by atoms with van der Waals surface area (Å²) in [6.07, 6.45) is -4.87. The van der Waals surface area contributed by atoms with E-state index in [-0.39, 0.29) is 36.7 Å². The summed E-state index contributed by atoms with van der Waals surface area (Å²) < 4.78 is 61.5.